The summed E-state index contributed by atoms with van der Waals surface area (Å²) in [6.07, 6.45) is -4.43. The van der Waals surface area contributed by atoms with Gasteiger partial charge in [-0.1, -0.05) is 72.8 Å². The Morgan fingerprint density at radius 1 is 0.750 bits per heavy atom. The predicted octanol–water partition coefficient (Wildman–Crippen LogP) is 5.81. The highest BCUT2D eigenvalue weighted by Gasteiger charge is 2.34. The summed E-state index contributed by atoms with van der Waals surface area (Å²) in [5, 5.41) is 3.13. The van der Waals surface area contributed by atoms with Gasteiger partial charge in [0.05, 0.1) is 17.3 Å². The summed E-state index contributed by atoms with van der Waals surface area (Å²) < 4.78 is 39.9. The topological polar surface area (TPSA) is 18.5 Å². The number of hydrogen-bond acceptors (Lipinski definition) is 2. The first-order chi connectivity index (χ1) is 15.4. The third-order valence-electron chi connectivity index (χ3n) is 5.67. The molecule has 0 aliphatic carbocycles. The summed E-state index contributed by atoms with van der Waals surface area (Å²) >= 11 is 5.46. The van der Waals surface area contributed by atoms with E-state index in [1.807, 2.05) is 41.3 Å². The van der Waals surface area contributed by atoms with Gasteiger partial charge in [0.1, 0.15) is 0 Å². The van der Waals surface area contributed by atoms with Gasteiger partial charge in [-0.3, -0.25) is 4.90 Å². The molecule has 0 aromatic heterocycles. The van der Waals surface area contributed by atoms with Crippen molar-refractivity contribution in [1.29, 1.82) is 0 Å². The number of thiocarbonyl (C=S) groups is 1. The molecule has 0 spiro atoms. The fourth-order valence-corrected chi connectivity index (χ4v) is 4.39. The van der Waals surface area contributed by atoms with Crippen LogP contribution in [0.1, 0.15) is 22.7 Å². The van der Waals surface area contributed by atoms with Crippen LogP contribution in [0.15, 0.2) is 84.9 Å². The summed E-state index contributed by atoms with van der Waals surface area (Å²) in [6.45, 7) is 2.76. The van der Waals surface area contributed by atoms with Crippen LogP contribution < -0.4 is 5.32 Å². The van der Waals surface area contributed by atoms with Gasteiger partial charge in [-0.25, -0.2) is 0 Å². The number of para-hydroxylation sites is 1. The van der Waals surface area contributed by atoms with Gasteiger partial charge in [-0.15, -0.1) is 0 Å². The van der Waals surface area contributed by atoms with Crippen LogP contribution in [0, 0.1) is 0 Å². The molecule has 1 aliphatic heterocycles. The van der Waals surface area contributed by atoms with E-state index >= 15 is 0 Å². The largest absolute Gasteiger partial charge is 0.418 e. The van der Waals surface area contributed by atoms with Crippen LogP contribution in [0.3, 0.4) is 0 Å². The number of benzene rings is 3. The molecule has 1 heterocycles. The van der Waals surface area contributed by atoms with Crippen molar-refractivity contribution in [2.45, 2.75) is 12.2 Å². The first-order valence-electron chi connectivity index (χ1n) is 10.5. The van der Waals surface area contributed by atoms with Gasteiger partial charge in [0, 0.05) is 26.2 Å². The van der Waals surface area contributed by atoms with E-state index in [0.717, 1.165) is 19.2 Å². The maximum absolute atomic E-state index is 13.3. The zero-order valence-electron chi connectivity index (χ0n) is 17.4. The summed E-state index contributed by atoms with van der Waals surface area (Å²) in [7, 11) is 0. The van der Waals surface area contributed by atoms with E-state index in [2.05, 4.69) is 34.5 Å². The Hall–Kier alpha value is -2.90. The minimum absolute atomic E-state index is 0.0149. The second-order valence-corrected chi connectivity index (χ2v) is 8.11. The minimum atomic E-state index is -4.43. The van der Waals surface area contributed by atoms with Crippen LogP contribution in [0.5, 0.6) is 0 Å². The zero-order chi connectivity index (χ0) is 22.6. The zero-order valence-corrected chi connectivity index (χ0v) is 18.2. The average molecular weight is 456 g/mol. The highest BCUT2D eigenvalue weighted by Crippen LogP contribution is 2.35. The fourth-order valence-electron chi connectivity index (χ4n) is 4.10. The molecule has 1 saturated heterocycles. The molecular formula is C25H24F3N3S. The number of rotatable bonds is 4. The Morgan fingerprint density at radius 3 is 1.78 bits per heavy atom. The van der Waals surface area contributed by atoms with Gasteiger partial charge >= 0.3 is 6.18 Å². The number of piperazine rings is 1. The van der Waals surface area contributed by atoms with Gasteiger partial charge in [0.15, 0.2) is 5.11 Å². The van der Waals surface area contributed by atoms with Crippen molar-refractivity contribution in [1.82, 2.24) is 9.80 Å². The lowest BCUT2D eigenvalue weighted by atomic mass is 9.96. The Kier molecular flexibility index (Phi) is 6.77. The van der Waals surface area contributed by atoms with Crippen molar-refractivity contribution in [3.05, 3.63) is 102 Å². The summed E-state index contributed by atoms with van der Waals surface area (Å²) in [5.74, 6) is 0. The molecule has 1 fully saturated rings. The van der Waals surface area contributed by atoms with E-state index in [1.54, 1.807) is 6.07 Å². The fraction of sp³-hybridized carbons (Fsp3) is 0.240. The lowest BCUT2D eigenvalue weighted by Crippen LogP contribution is -2.51. The van der Waals surface area contributed by atoms with E-state index < -0.39 is 11.7 Å². The molecule has 1 aliphatic rings. The monoisotopic (exact) mass is 455 g/mol. The smallest absolute Gasteiger partial charge is 0.346 e. The lowest BCUT2D eigenvalue weighted by molar-refractivity contribution is -0.136. The van der Waals surface area contributed by atoms with E-state index in [1.165, 1.54) is 23.3 Å². The third kappa shape index (κ3) is 5.11. The van der Waals surface area contributed by atoms with Crippen molar-refractivity contribution in [3.63, 3.8) is 0 Å². The quantitative estimate of drug-likeness (QED) is 0.500. The second-order valence-electron chi connectivity index (χ2n) is 7.72. The van der Waals surface area contributed by atoms with Crippen LogP contribution in [0.4, 0.5) is 18.9 Å². The molecule has 0 bridgehead atoms. The molecular weight excluding hydrogens is 431 g/mol. The molecule has 0 radical (unpaired) electrons. The molecule has 3 aromatic carbocycles. The summed E-state index contributed by atoms with van der Waals surface area (Å²) in [5.41, 5.74) is 1.70. The Balaban J connectivity index is 1.46. The number of alkyl halides is 3. The second kappa shape index (κ2) is 9.71. The molecule has 0 saturated carbocycles. The standard InChI is InChI=1S/C25H24F3N3S/c26-25(27,28)21-13-7-8-14-22(21)29-24(32)31-17-15-30(16-18-31)23(19-9-3-1-4-10-19)20-11-5-2-6-12-20/h1-14,23H,15-18H2,(H,29,32). The number of anilines is 1. The van der Waals surface area contributed by atoms with E-state index in [4.69, 9.17) is 12.2 Å². The lowest BCUT2D eigenvalue weighted by Gasteiger charge is -2.40. The van der Waals surface area contributed by atoms with Crippen molar-refractivity contribution in [3.8, 4) is 0 Å². The highest BCUT2D eigenvalue weighted by atomic mass is 32.1. The number of halogens is 3. The first kappa shape index (κ1) is 22.3. The van der Waals surface area contributed by atoms with Gasteiger partial charge < -0.3 is 10.2 Å². The minimum Gasteiger partial charge on any atom is -0.346 e. The van der Waals surface area contributed by atoms with Crippen molar-refractivity contribution in [2.24, 2.45) is 0 Å². The normalized spacial score (nSPS) is 15.1. The van der Waals surface area contributed by atoms with Crippen LogP contribution >= 0.6 is 12.2 Å². The Morgan fingerprint density at radius 2 is 1.25 bits per heavy atom. The molecule has 32 heavy (non-hydrogen) atoms. The average Bonchev–Trinajstić information content (AvgIpc) is 2.81. The Bertz CT molecular complexity index is 994. The highest BCUT2D eigenvalue weighted by molar-refractivity contribution is 7.80. The van der Waals surface area contributed by atoms with Gasteiger partial charge in [-0.05, 0) is 35.5 Å². The molecule has 0 amide bonds. The van der Waals surface area contributed by atoms with E-state index in [-0.39, 0.29) is 11.7 Å². The van der Waals surface area contributed by atoms with E-state index in [9.17, 15) is 13.2 Å². The molecule has 3 nitrogen and oxygen atoms in total. The van der Waals surface area contributed by atoms with Gasteiger partial charge in [0.25, 0.3) is 0 Å². The molecule has 166 valence electrons. The summed E-state index contributed by atoms with van der Waals surface area (Å²) in [6, 6.07) is 26.2. The van der Waals surface area contributed by atoms with Crippen molar-refractivity contribution >= 4 is 23.0 Å². The molecule has 0 unspecified atom stereocenters. The predicted molar refractivity (Wildman–Crippen MR) is 126 cm³/mol. The first-order valence-corrected chi connectivity index (χ1v) is 10.9. The molecule has 0 atom stereocenters. The van der Waals surface area contributed by atoms with Crippen molar-refractivity contribution in [2.75, 3.05) is 31.5 Å². The maximum atomic E-state index is 13.3. The molecule has 7 heteroatoms. The van der Waals surface area contributed by atoms with Crippen LogP contribution in [0.25, 0.3) is 0 Å². The van der Waals surface area contributed by atoms with Crippen molar-refractivity contribution < 1.29 is 13.2 Å². The van der Waals surface area contributed by atoms with Crippen LogP contribution in [0.2, 0.25) is 0 Å². The Labute approximate surface area is 191 Å². The van der Waals surface area contributed by atoms with E-state index in [0.29, 0.717) is 18.2 Å². The van der Waals surface area contributed by atoms with Gasteiger partial charge in [0.2, 0.25) is 0 Å². The number of nitrogens with one attached hydrogen (secondary N) is 1. The van der Waals surface area contributed by atoms with Crippen LogP contribution in [-0.2, 0) is 6.18 Å². The number of hydrogen-bond donors (Lipinski definition) is 1. The van der Waals surface area contributed by atoms with Crippen LogP contribution in [-0.4, -0.2) is 41.1 Å². The van der Waals surface area contributed by atoms with Gasteiger partial charge in [-0.2, -0.15) is 13.2 Å². The number of nitrogens with zero attached hydrogens (tertiary/aromatic N) is 2. The third-order valence-corrected chi connectivity index (χ3v) is 6.03. The SMILES string of the molecule is FC(F)(F)c1ccccc1NC(=S)N1CCN(C(c2ccccc2)c2ccccc2)CC1. The maximum Gasteiger partial charge on any atom is 0.418 e. The molecule has 4 rings (SSSR count). The molecule has 1 N–H and O–H groups in total. The molecule has 3 aromatic rings. The summed E-state index contributed by atoms with van der Waals surface area (Å²) in [4.78, 5) is 4.33.